The van der Waals surface area contributed by atoms with E-state index in [1.165, 1.54) is 23.0 Å². The van der Waals surface area contributed by atoms with Crippen molar-refractivity contribution in [2.45, 2.75) is 20.0 Å². The van der Waals surface area contributed by atoms with Crippen LogP contribution in [0.4, 0.5) is 5.69 Å². The van der Waals surface area contributed by atoms with Crippen LogP contribution in [-0.4, -0.2) is 60.0 Å². The molecule has 0 spiro atoms. The molecule has 1 fully saturated rings. The standard InChI is InChI=1S/C21H27N5O3/c1-16-21(29)19(17(15-27)13-22-16)14-23-24-20(28)7-8-25-9-11-26(12-10-25)18-5-3-2-4-6-18/h2-6,13-14,27,29H,7-12,15H2,1H3,(H,24,28)/p+1/b23-14+. The number of hydrogen-bond donors (Lipinski definition) is 4. The minimum absolute atomic E-state index is 0.0460. The van der Waals surface area contributed by atoms with Crippen LogP contribution < -0.4 is 15.2 Å². The Hall–Kier alpha value is -2.97. The first kappa shape index (κ1) is 20.8. The molecule has 2 aromatic rings. The highest BCUT2D eigenvalue weighted by Crippen LogP contribution is 2.21. The minimum atomic E-state index is -0.269. The lowest BCUT2D eigenvalue weighted by Crippen LogP contribution is -3.15. The first-order chi connectivity index (χ1) is 14.1. The predicted octanol–water partition coefficient (Wildman–Crippen LogP) is -0.167. The Labute approximate surface area is 170 Å². The Balaban J connectivity index is 1.43. The van der Waals surface area contributed by atoms with Gasteiger partial charge in [-0.15, -0.1) is 0 Å². The number of nitrogens with zero attached hydrogens (tertiary/aromatic N) is 3. The molecule has 8 heteroatoms. The molecule has 1 aromatic heterocycles. The first-order valence-electron chi connectivity index (χ1n) is 9.82. The van der Waals surface area contributed by atoms with Crippen LogP contribution in [0, 0.1) is 6.92 Å². The van der Waals surface area contributed by atoms with Crippen LogP contribution in [0.25, 0.3) is 0 Å². The summed E-state index contributed by atoms with van der Waals surface area (Å²) in [6, 6.07) is 10.4. The quantitative estimate of drug-likeness (QED) is 0.383. The van der Waals surface area contributed by atoms with Crippen molar-refractivity contribution in [1.29, 1.82) is 0 Å². The Morgan fingerprint density at radius 2 is 2.03 bits per heavy atom. The van der Waals surface area contributed by atoms with Crippen molar-refractivity contribution in [3.63, 3.8) is 0 Å². The molecule has 0 saturated carbocycles. The van der Waals surface area contributed by atoms with E-state index < -0.39 is 0 Å². The maximum atomic E-state index is 12.1. The van der Waals surface area contributed by atoms with E-state index >= 15 is 0 Å². The number of aromatic hydroxyl groups is 1. The number of aliphatic hydroxyl groups excluding tert-OH is 1. The van der Waals surface area contributed by atoms with Gasteiger partial charge < -0.3 is 20.0 Å². The molecule has 154 valence electrons. The molecule has 1 saturated heterocycles. The Bertz CT molecular complexity index is 849. The second-order valence-electron chi connectivity index (χ2n) is 7.16. The fourth-order valence-corrected chi connectivity index (χ4v) is 3.41. The minimum Gasteiger partial charge on any atom is -0.505 e. The molecule has 1 amide bonds. The summed E-state index contributed by atoms with van der Waals surface area (Å²) in [7, 11) is 0. The second-order valence-corrected chi connectivity index (χ2v) is 7.16. The number of carbonyl (C=O) groups excluding carboxylic acids is 1. The van der Waals surface area contributed by atoms with Gasteiger partial charge in [0, 0.05) is 23.0 Å². The fraction of sp³-hybridized carbons (Fsp3) is 0.381. The number of amides is 1. The van der Waals surface area contributed by atoms with Crippen molar-refractivity contribution in [3.05, 3.63) is 53.3 Å². The van der Waals surface area contributed by atoms with Gasteiger partial charge in [0.1, 0.15) is 5.75 Å². The van der Waals surface area contributed by atoms with E-state index in [4.69, 9.17) is 0 Å². The summed E-state index contributed by atoms with van der Waals surface area (Å²) < 4.78 is 0. The molecule has 0 radical (unpaired) electrons. The average Bonchev–Trinajstić information content (AvgIpc) is 2.76. The zero-order chi connectivity index (χ0) is 20.6. The summed E-state index contributed by atoms with van der Waals surface area (Å²) in [4.78, 5) is 19.9. The van der Waals surface area contributed by atoms with Crippen LogP contribution in [0.15, 0.2) is 41.6 Å². The van der Waals surface area contributed by atoms with E-state index in [0.717, 1.165) is 32.7 Å². The number of nitrogens with one attached hydrogen (secondary N) is 2. The highest BCUT2D eigenvalue weighted by Gasteiger charge is 2.20. The van der Waals surface area contributed by atoms with Crippen molar-refractivity contribution in [2.75, 3.05) is 37.6 Å². The number of carbonyl (C=O) groups is 1. The fourth-order valence-electron chi connectivity index (χ4n) is 3.41. The van der Waals surface area contributed by atoms with Crippen molar-refractivity contribution in [1.82, 2.24) is 10.4 Å². The van der Waals surface area contributed by atoms with Gasteiger partial charge in [0.25, 0.3) is 0 Å². The largest absolute Gasteiger partial charge is 0.505 e. The summed E-state index contributed by atoms with van der Waals surface area (Å²) in [5.41, 5.74) is 5.00. The van der Waals surface area contributed by atoms with Crippen LogP contribution in [-0.2, 0) is 11.4 Å². The van der Waals surface area contributed by atoms with E-state index in [0.29, 0.717) is 23.2 Å². The number of anilines is 1. The van der Waals surface area contributed by atoms with Gasteiger partial charge in [-0.1, -0.05) is 18.2 Å². The third-order valence-corrected chi connectivity index (χ3v) is 5.21. The van der Waals surface area contributed by atoms with Gasteiger partial charge in [0.05, 0.1) is 57.7 Å². The second kappa shape index (κ2) is 9.99. The zero-order valence-corrected chi connectivity index (χ0v) is 16.6. The number of aryl methyl sites for hydroxylation is 1. The molecular formula is C21H28N5O3+. The monoisotopic (exact) mass is 398 g/mol. The Morgan fingerprint density at radius 1 is 1.31 bits per heavy atom. The number of para-hydroxylation sites is 1. The highest BCUT2D eigenvalue weighted by molar-refractivity contribution is 5.87. The molecule has 4 N–H and O–H groups in total. The summed E-state index contributed by atoms with van der Waals surface area (Å²) in [5, 5.41) is 23.3. The molecule has 3 rings (SSSR count). The van der Waals surface area contributed by atoms with Crippen molar-refractivity contribution < 1.29 is 19.9 Å². The zero-order valence-electron chi connectivity index (χ0n) is 16.6. The van der Waals surface area contributed by atoms with Gasteiger partial charge in [-0.3, -0.25) is 9.78 Å². The molecule has 1 aliphatic heterocycles. The van der Waals surface area contributed by atoms with Crippen molar-refractivity contribution in [2.24, 2.45) is 5.10 Å². The number of pyridine rings is 1. The lowest BCUT2D eigenvalue weighted by Gasteiger charge is -2.33. The topological polar surface area (TPSA) is 102 Å². The predicted molar refractivity (Wildman–Crippen MR) is 111 cm³/mol. The molecule has 2 heterocycles. The summed E-state index contributed by atoms with van der Waals surface area (Å²) in [6.45, 7) is 6.09. The maximum absolute atomic E-state index is 12.1. The van der Waals surface area contributed by atoms with E-state index in [1.54, 1.807) is 6.92 Å². The van der Waals surface area contributed by atoms with Crippen molar-refractivity contribution in [3.8, 4) is 5.75 Å². The molecule has 0 atom stereocenters. The molecule has 0 bridgehead atoms. The normalized spacial score (nSPS) is 15.0. The molecule has 29 heavy (non-hydrogen) atoms. The van der Waals surface area contributed by atoms with Gasteiger partial charge in [-0.05, 0) is 19.1 Å². The lowest BCUT2D eigenvalue weighted by molar-refractivity contribution is -0.900. The highest BCUT2D eigenvalue weighted by atomic mass is 16.3. The first-order valence-corrected chi connectivity index (χ1v) is 9.82. The number of piperazine rings is 1. The molecular weight excluding hydrogens is 370 g/mol. The van der Waals surface area contributed by atoms with Crippen LogP contribution >= 0.6 is 0 Å². The van der Waals surface area contributed by atoms with Crippen LogP contribution in [0.2, 0.25) is 0 Å². The number of rotatable bonds is 7. The van der Waals surface area contributed by atoms with Gasteiger partial charge in [0.15, 0.2) is 0 Å². The van der Waals surface area contributed by atoms with E-state index in [-0.39, 0.29) is 18.3 Å². The third-order valence-electron chi connectivity index (χ3n) is 5.21. The number of aliphatic hydroxyl groups is 1. The number of quaternary nitrogens is 1. The molecule has 1 aliphatic rings. The number of aromatic nitrogens is 1. The average molecular weight is 398 g/mol. The van der Waals surface area contributed by atoms with Crippen LogP contribution in [0.3, 0.4) is 0 Å². The van der Waals surface area contributed by atoms with Crippen LogP contribution in [0.5, 0.6) is 5.75 Å². The third kappa shape index (κ3) is 5.52. The summed E-state index contributed by atoms with van der Waals surface area (Å²) in [6.07, 6.45) is 3.21. The van der Waals surface area contributed by atoms with Crippen LogP contribution in [0.1, 0.15) is 23.2 Å². The SMILES string of the molecule is Cc1ncc(CO)c(/C=N/NC(=O)CC[NH+]2CCN(c3ccccc3)CC2)c1O. The van der Waals surface area contributed by atoms with E-state index in [1.807, 2.05) is 6.07 Å². The number of hydrazone groups is 1. The Morgan fingerprint density at radius 3 is 2.72 bits per heavy atom. The summed E-state index contributed by atoms with van der Waals surface area (Å²) in [5.74, 6) is -0.217. The number of hydrogen-bond acceptors (Lipinski definition) is 6. The summed E-state index contributed by atoms with van der Waals surface area (Å²) >= 11 is 0. The molecule has 1 aromatic carbocycles. The smallest absolute Gasteiger partial charge is 0.245 e. The van der Waals surface area contributed by atoms with Gasteiger partial charge >= 0.3 is 0 Å². The molecule has 0 unspecified atom stereocenters. The van der Waals surface area contributed by atoms with E-state index in [2.05, 4.69) is 44.7 Å². The van der Waals surface area contributed by atoms with Gasteiger partial charge in [-0.2, -0.15) is 5.10 Å². The van der Waals surface area contributed by atoms with E-state index in [9.17, 15) is 15.0 Å². The Kier molecular flexibility index (Phi) is 7.15. The van der Waals surface area contributed by atoms with Crippen molar-refractivity contribution >= 4 is 17.8 Å². The lowest BCUT2D eigenvalue weighted by atomic mass is 10.1. The molecule has 0 aliphatic carbocycles. The molecule has 8 nitrogen and oxygen atoms in total. The van der Waals surface area contributed by atoms with Gasteiger partial charge in [-0.25, -0.2) is 5.43 Å². The van der Waals surface area contributed by atoms with Gasteiger partial charge in [0.2, 0.25) is 5.91 Å². The maximum Gasteiger partial charge on any atom is 0.245 e. The number of benzene rings is 1.